The van der Waals surface area contributed by atoms with Crippen molar-refractivity contribution in [1.29, 1.82) is 0 Å². The molecule has 0 radical (unpaired) electrons. The van der Waals surface area contributed by atoms with E-state index < -0.39 is 0 Å². The zero-order valence-corrected chi connectivity index (χ0v) is 17.9. The van der Waals surface area contributed by atoms with Crippen LogP contribution in [0, 0.1) is 13.8 Å². The van der Waals surface area contributed by atoms with E-state index in [0.29, 0.717) is 5.89 Å². The Morgan fingerprint density at radius 2 is 1.59 bits per heavy atom. The molecule has 4 nitrogen and oxygen atoms in total. The molecule has 0 aliphatic carbocycles. The smallest absolute Gasteiger partial charge is 0.229 e. The van der Waals surface area contributed by atoms with E-state index in [1.807, 2.05) is 36.5 Å². The molecule has 0 aliphatic heterocycles. The average Bonchev–Trinajstić information content (AvgIpc) is 3.40. The Labute approximate surface area is 185 Å². The van der Waals surface area contributed by atoms with Crippen molar-refractivity contribution in [2.75, 3.05) is 0 Å². The zero-order valence-electron chi connectivity index (χ0n) is 17.9. The van der Waals surface area contributed by atoms with Crippen molar-refractivity contribution >= 4 is 22.0 Å². The molecule has 3 aromatic carbocycles. The van der Waals surface area contributed by atoms with Crippen molar-refractivity contribution in [1.82, 2.24) is 15.0 Å². The van der Waals surface area contributed by atoms with E-state index in [-0.39, 0.29) is 0 Å². The normalized spacial score (nSPS) is 11.4. The molecule has 6 aromatic rings. The molecule has 0 saturated heterocycles. The van der Waals surface area contributed by atoms with Crippen LogP contribution in [-0.4, -0.2) is 15.0 Å². The minimum Gasteiger partial charge on any atom is -0.436 e. The predicted molar refractivity (Wildman–Crippen MR) is 129 cm³/mol. The van der Waals surface area contributed by atoms with Crippen LogP contribution in [0.15, 0.2) is 89.5 Å². The summed E-state index contributed by atoms with van der Waals surface area (Å²) in [5.41, 5.74) is 10.2. The third kappa shape index (κ3) is 2.92. The SMILES string of the molecule is Cc1[nH]c2c(-c3nc4c(-c5cccc(-c6ccccn6)c5)cccc4o3)cccc2c1C. The zero-order chi connectivity index (χ0) is 21.7. The Hall–Kier alpha value is -4.18. The number of aryl methyl sites for hydroxylation is 2. The van der Waals surface area contributed by atoms with Gasteiger partial charge in [0, 0.05) is 28.4 Å². The summed E-state index contributed by atoms with van der Waals surface area (Å²) >= 11 is 0. The molecule has 154 valence electrons. The van der Waals surface area contributed by atoms with Crippen molar-refractivity contribution in [3.05, 3.63) is 96.3 Å². The lowest BCUT2D eigenvalue weighted by atomic mass is 10.0. The van der Waals surface area contributed by atoms with Crippen LogP contribution in [0.3, 0.4) is 0 Å². The maximum absolute atomic E-state index is 6.24. The summed E-state index contributed by atoms with van der Waals surface area (Å²) in [5.74, 6) is 0.625. The molecular weight excluding hydrogens is 394 g/mol. The molecule has 0 fully saturated rings. The van der Waals surface area contributed by atoms with Gasteiger partial charge >= 0.3 is 0 Å². The van der Waals surface area contributed by atoms with E-state index in [4.69, 9.17) is 9.40 Å². The Morgan fingerprint density at radius 3 is 2.47 bits per heavy atom. The number of para-hydroxylation sites is 2. The maximum atomic E-state index is 6.24. The number of pyridine rings is 1. The van der Waals surface area contributed by atoms with Crippen LogP contribution >= 0.6 is 0 Å². The van der Waals surface area contributed by atoms with Gasteiger partial charge in [0.25, 0.3) is 0 Å². The lowest BCUT2D eigenvalue weighted by Crippen LogP contribution is -1.85. The van der Waals surface area contributed by atoms with Crippen LogP contribution in [-0.2, 0) is 0 Å². The highest BCUT2D eigenvalue weighted by atomic mass is 16.3. The molecule has 6 rings (SSSR count). The monoisotopic (exact) mass is 415 g/mol. The number of rotatable bonds is 3. The Morgan fingerprint density at radius 1 is 0.781 bits per heavy atom. The number of aromatic nitrogens is 3. The second-order valence-electron chi connectivity index (χ2n) is 8.07. The van der Waals surface area contributed by atoms with Gasteiger partial charge < -0.3 is 9.40 Å². The summed E-state index contributed by atoms with van der Waals surface area (Å²) in [6.45, 7) is 4.23. The summed E-state index contributed by atoms with van der Waals surface area (Å²) in [4.78, 5) is 12.9. The first kappa shape index (κ1) is 18.6. The molecule has 4 heteroatoms. The van der Waals surface area contributed by atoms with Gasteiger partial charge in [-0.1, -0.05) is 48.5 Å². The molecule has 32 heavy (non-hydrogen) atoms. The van der Waals surface area contributed by atoms with E-state index in [1.54, 1.807) is 0 Å². The highest BCUT2D eigenvalue weighted by molar-refractivity contribution is 5.98. The van der Waals surface area contributed by atoms with Crippen molar-refractivity contribution in [2.24, 2.45) is 0 Å². The molecule has 0 amide bonds. The summed E-state index contributed by atoms with van der Waals surface area (Å²) in [5, 5.41) is 1.20. The Balaban J connectivity index is 1.52. The molecule has 3 aromatic heterocycles. The molecule has 0 bridgehead atoms. The number of oxazole rings is 1. The minimum absolute atomic E-state index is 0.625. The first-order chi connectivity index (χ1) is 15.7. The lowest BCUT2D eigenvalue weighted by Gasteiger charge is -2.05. The molecule has 0 spiro atoms. The maximum Gasteiger partial charge on any atom is 0.229 e. The fourth-order valence-electron chi connectivity index (χ4n) is 4.34. The first-order valence-electron chi connectivity index (χ1n) is 10.7. The van der Waals surface area contributed by atoms with Crippen molar-refractivity contribution in [3.63, 3.8) is 0 Å². The number of fused-ring (bicyclic) bond motifs is 2. The Bertz CT molecular complexity index is 1590. The molecule has 0 aliphatic rings. The van der Waals surface area contributed by atoms with E-state index in [9.17, 15) is 0 Å². The van der Waals surface area contributed by atoms with Gasteiger partial charge in [-0.25, -0.2) is 4.98 Å². The first-order valence-corrected chi connectivity index (χ1v) is 10.7. The van der Waals surface area contributed by atoms with E-state index in [2.05, 4.69) is 72.3 Å². The lowest BCUT2D eigenvalue weighted by molar-refractivity contribution is 0.620. The molecule has 1 N–H and O–H groups in total. The van der Waals surface area contributed by atoms with E-state index in [0.717, 1.165) is 50.3 Å². The number of nitrogens with zero attached hydrogens (tertiary/aromatic N) is 2. The summed E-state index contributed by atoms with van der Waals surface area (Å²) in [6.07, 6.45) is 1.82. The highest BCUT2D eigenvalue weighted by Crippen LogP contribution is 2.36. The van der Waals surface area contributed by atoms with Gasteiger partial charge in [0.05, 0.1) is 16.8 Å². The van der Waals surface area contributed by atoms with Gasteiger partial charge in [-0.05, 0) is 55.3 Å². The third-order valence-electron chi connectivity index (χ3n) is 6.13. The molecular formula is C28H21N3O. The quantitative estimate of drug-likeness (QED) is 0.329. The van der Waals surface area contributed by atoms with Gasteiger partial charge in [0.2, 0.25) is 5.89 Å². The fourth-order valence-corrected chi connectivity index (χ4v) is 4.34. The molecule has 0 saturated carbocycles. The topological polar surface area (TPSA) is 54.7 Å². The number of H-pyrrole nitrogens is 1. The standard InChI is InChI=1S/C28H21N3O/c1-17-18(2)30-26-21(17)10-6-12-23(26)28-31-27-22(11-7-14-25(27)32-28)19-8-5-9-20(16-19)24-13-3-4-15-29-24/h3-16,30H,1-2H3. The minimum atomic E-state index is 0.625. The number of hydrogen-bond donors (Lipinski definition) is 1. The molecule has 0 unspecified atom stereocenters. The van der Waals surface area contributed by atoms with Gasteiger partial charge in [-0.2, -0.15) is 0 Å². The van der Waals surface area contributed by atoms with Gasteiger partial charge in [-0.15, -0.1) is 0 Å². The fraction of sp³-hybridized carbons (Fsp3) is 0.0714. The van der Waals surface area contributed by atoms with E-state index >= 15 is 0 Å². The highest BCUT2D eigenvalue weighted by Gasteiger charge is 2.17. The van der Waals surface area contributed by atoms with Crippen LogP contribution in [0.2, 0.25) is 0 Å². The van der Waals surface area contributed by atoms with Crippen molar-refractivity contribution in [2.45, 2.75) is 13.8 Å². The van der Waals surface area contributed by atoms with Gasteiger partial charge in [0.15, 0.2) is 5.58 Å². The van der Waals surface area contributed by atoms with Crippen LogP contribution in [0.4, 0.5) is 0 Å². The second kappa shape index (κ2) is 7.20. The van der Waals surface area contributed by atoms with Crippen molar-refractivity contribution < 1.29 is 4.42 Å². The summed E-state index contributed by atoms with van der Waals surface area (Å²) in [7, 11) is 0. The summed E-state index contributed by atoms with van der Waals surface area (Å²) < 4.78 is 6.24. The second-order valence-corrected chi connectivity index (χ2v) is 8.07. The average molecular weight is 415 g/mol. The number of benzene rings is 3. The Kier molecular flexibility index (Phi) is 4.18. The number of nitrogens with one attached hydrogen (secondary N) is 1. The van der Waals surface area contributed by atoms with Gasteiger partial charge in [-0.3, -0.25) is 4.98 Å². The number of aromatic amines is 1. The van der Waals surface area contributed by atoms with Crippen LogP contribution < -0.4 is 0 Å². The van der Waals surface area contributed by atoms with Gasteiger partial charge in [0.1, 0.15) is 5.52 Å². The molecule has 0 atom stereocenters. The van der Waals surface area contributed by atoms with Crippen LogP contribution in [0.5, 0.6) is 0 Å². The van der Waals surface area contributed by atoms with E-state index in [1.165, 1.54) is 10.9 Å². The largest absolute Gasteiger partial charge is 0.436 e. The predicted octanol–water partition coefficient (Wildman–Crippen LogP) is 7.32. The third-order valence-corrected chi connectivity index (χ3v) is 6.13. The van der Waals surface area contributed by atoms with Crippen molar-refractivity contribution in [3.8, 4) is 33.8 Å². The van der Waals surface area contributed by atoms with Crippen LogP contribution in [0.1, 0.15) is 11.3 Å². The van der Waals surface area contributed by atoms with Crippen LogP contribution in [0.25, 0.3) is 55.8 Å². The number of hydrogen-bond acceptors (Lipinski definition) is 3. The summed E-state index contributed by atoms with van der Waals surface area (Å²) in [6, 6.07) is 26.7. The molecule has 3 heterocycles.